The van der Waals surface area contributed by atoms with Crippen molar-refractivity contribution in [2.75, 3.05) is 66.2 Å². The molecule has 0 spiro atoms. The molecule has 1 aromatic carbocycles. The van der Waals surface area contributed by atoms with E-state index >= 15 is 0 Å². The largest absolute Gasteiger partial charge is 0.382 e. The van der Waals surface area contributed by atoms with Gasteiger partial charge < -0.3 is 19.7 Å². The molecule has 2 aliphatic rings. The Bertz CT molecular complexity index is 643. The minimum Gasteiger partial charge on any atom is -0.382 e. The summed E-state index contributed by atoms with van der Waals surface area (Å²) in [5.74, 6) is 1.65. The molecule has 0 aliphatic carbocycles. The van der Waals surface area contributed by atoms with Crippen LogP contribution in [0.4, 0.5) is 0 Å². The van der Waals surface area contributed by atoms with Gasteiger partial charge in [0.15, 0.2) is 5.96 Å². The quantitative estimate of drug-likeness (QED) is 0.218. The summed E-state index contributed by atoms with van der Waals surface area (Å²) in [6.07, 6.45) is 3.45. The maximum absolute atomic E-state index is 5.72. The predicted octanol–water partition coefficient (Wildman–Crippen LogP) is 3.00. The molecule has 2 aliphatic heterocycles. The fourth-order valence-corrected chi connectivity index (χ4v) is 4.20. The molecule has 1 aromatic rings. The Morgan fingerprint density at radius 3 is 2.83 bits per heavy atom. The number of benzene rings is 1. The lowest BCUT2D eigenvalue weighted by atomic mass is 10.00. The van der Waals surface area contributed by atoms with E-state index in [1.807, 2.05) is 0 Å². The number of rotatable bonds is 10. The van der Waals surface area contributed by atoms with Gasteiger partial charge in [0.05, 0.1) is 19.8 Å². The number of methoxy groups -OCH3 is 1. The van der Waals surface area contributed by atoms with Crippen LogP contribution in [-0.4, -0.2) is 82.0 Å². The molecule has 170 valence electrons. The van der Waals surface area contributed by atoms with Crippen LogP contribution in [-0.2, 0) is 22.4 Å². The number of nitrogens with zero attached hydrogens (tertiary/aromatic N) is 3. The van der Waals surface area contributed by atoms with Crippen LogP contribution in [0.1, 0.15) is 30.9 Å². The van der Waals surface area contributed by atoms with Gasteiger partial charge >= 0.3 is 0 Å². The van der Waals surface area contributed by atoms with Crippen LogP contribution < -0.4 is 5.32 Å². The van der Waals surface area contributed by atoms with Crippen molar-refractivity contribution in [3.63, 3.8) is 0 Å². The van der Waals surface area contributed by atoms with E-state index in [-0.39, 0.29) is 24.0 Å². The van der Waals surface area contributed by atoms with Crippen molar-refractivity contribution in [2.24, 2.45) is 10.9 Å². The van der Waals surface area contributed by atoms with Gasteiger partial charge in [-0.25, -0.2) is 0 Å². The zero-order chi connectivity index (χ0) is 20.3. The lowest BCUT2D eigenvalue weighted by Crippen LogP contribution is -2.40. The normalized spacial score (nSPS) is 19.5. The van der Waals surface area contributed by atoms with Gasteiger partial charge in [0.1, 0.15) is 0 Å². The first-order valence-corrected chi connectivity index (χ1v) is 11.2. The summed E-state index contributed by atoms with van der Waals surface area (Å²) in [5, 5.41) is 3.47. The van der Waals surface area contributed by atoms with Crippen LogP contribution in [0.5, 0.6) is 0 Å². The smallest absolute Gasteiger partial charge is 0.193 e. The minimum atomic E-state index is 0. The van der Waals surface area contributed by atoms with Crippen molar-refractivity contribution in [3.8, 4) is 0 Å². The van der Waals surface area contributed by atoms with E-state index in [4.69, 9.17) is 14.5 Å². The van der Waals surface area contributed by atoms with Crippen molar-refractivity contribution in [1.29, 1.82) is 0 Å². The van der Waals surface area contributed by atoms with Gasteiger partial charge in [-0.05, 0) is 37.3 Å². The summed E-state index contributed by atoms with van der Waals surface area (Å²) in [7, 11) is 1.71. The van der Waals surface area contributed by atoms with E-state index < -0.39 is 0 Å². The number of hydrogen-bond donors (Lipinski definition) is 1. The molecule has 1 fully saturated rings. The van der Waals surface area contributed by atoms with Gasteiger partial charge in [-0.2, -0.15) is 0 Å². The van der Waals surface area contributed by atoms with Crippen LogP contribution in [0.15, 0.2) is 29.3 Å². The minimum absolute atomic E-state index is 0. The summed E-state index contributed by atoms with van der Waals surface area (Å²) < 4.78 is 10.8. The molecule has 30 heavy (non-hydrogen) atoms. The summed E-state index contributed by atoms with van der Waals surface area (Å²) in [4.78, 5) is 9.87. The first kappa shape index (κ1) is 25.4. The monoisotopic (exact) mass is 530 g/mol. The Morgan fingerprint density at radius 2 is 2.03 bits per heavy atom. The molecule has 0 amide bonds. The van der Waals surface area contributed by atoms with E-state index in [2.05, 4.69) is 46.3 Å². The molecule has 1 N–H and O–H groups in total. The zero-order valence-electron chi connectivity index (χ0n) is 18.6. The summed E-state index contributed by atoms with van der Waals surface area (Å²) in [6.45, 7) is 11.6. The maximum Gasteiger partial charge on any atom is 0.193 e. The van der Waals surface area contributed by atoms with Gasteiger partial charge in [-0.15, -0.1) is 24.0 Å². The number of aliphatic imine (C=N–C) groups is 1. The van der Waals surface area contributed by atoms with Crippen molar-refractivity contribution in [2.45, 2.75) is 32.7 Å². The Hall–Kier alpha value is -0.900. The average molecular weight is 530 g/mol. The van der Waals surface area contributed by atoms with E-state index in [0.717, 1.165) is 64.8 Å². The van der Waals surface area contributed by atoms with E-state index in [1.54, 1.807) is 7.11 Å². The van der Waals surface area contributed by atoms with Gasteiger partial charge in [-0.3, -0.25) is 9.89 Å². The van der Waals surface area contributed by atoms with E-state index in [9.17, 15) is 0 Å². The lowest BCUT2D eigenvalue weighted by molar-refractivity contribution is 0.0536. The second-order valence-electron chi connectivity index (χ2n) is 8.05. The highest BCUT2D eigenvalue weighted by Crippen LogP contribution is 2.19. The standard InChI is InChI=1S/C23H38N4O2.HI/c1-3-24-23(27-14-9-20(17-27)19-29-16-15-28-2)25-11-6-12-26-13-10-21-7-4-5-8-22(21)18-26;/h4-5,7-8,20H,3,6,9-19H2,1-2H3,(H,24,25);1H. The number of hydrogen-bond acceptors (Lipinski definition) is 4. The first-order valence-electron chi connectivity index (χ1n) is 11.2. The fourth-order valence-electron chi connectivity index (χ4n) is 4.20. The van der Waals surface area contributed by atoms with Gasteiger partial charge in [0, 0.05) is 58.8 Å². The Labute approximate surface area is 199 Å². The molecule has 6 nitrogen and oxygen atoms in total. The third-order valence-corrected chi connectivity index (χ3v) is 5.81. The predicted molar refractivity (Wildman–Crippen MR) is 134 cm³/mol. The molecule has 1 saturated heterocycles. The molecule has 7 heteroatoms. The number of fused-ring (bicyclic) bond motifs is 1. The van der Waals surface area contributed by atoms with Crippen LogP contribution in [0.2, 0.25) is 0 Å². The van der Waals surface area contributed by atoms with E-state index in [0.29, 0.717) is 19.1 Å². The van der Waals surface area contributed by atoms with Crippen molar-refractivity contribution in [1.82, 2.24) is 15.1 Å². The fraction of sp³-hybridized carbons (Fsp3) is 0.696. The second-order valence-corrected chi connectivity index (χ2v) is 8.05. The number of halogens is 1. The topological polar surface area (TPSA) is 49.3 Å². The Morgan fingerprint density at radius 1 is 1.20 bits per heavy atom. The molecule has 0 bridgehead atoms. The first-order chi connectivity index (χ1) is 14.3. The van der Waals surface area contributed by atoms with Crippen LogP contribution >= 0.6 is 24.0 Å². The highest BCUT2D eigenvalue weighted by atomic mass is 127. The molecular formula is C23H39IN4O2. The highest BCUT2D eigenvalue weighted by Gasteiger charge is 2.25. The van der Waals surface area contributed by atoms with Gasteiger partial charge in [0.2, 0.25) is 0 Å². The second kappa shape index (κ2) is 14.2. The number of likely N-dealkylation sites (tertiary alicyclic amines) is 1. The summed E-state index contributed by atoms with van der Waals surface area (Å²) >= 11 is 0. The van der Waals surface area contributed by atoms with Crippen LogP contribution in [0, 0.1) is 5.92 Å². The highest BCUT2D eigenvalue weighted by molar-refractivity contribution is 14.0. The Balaban J connectivity index is 0.00000320. The Kier molecular flexibility index (Phi) is 12.0. The molecule has 1 atom stereocenters. The number of ether oxygens (including phenoxy) is 2. The molecular weight excluding hydrogens is 491 g/mol. The molecule has 3 rings (SSSR count). The third kappa shape index (κ3) is 7.98. The summed E-state index contributed by atoms with van der Waals surface area (Å²) in [5.41, 5.74) is 3.01. The van der Waals surface area contributed by atoms with Crippen LogP contribution in [0.25, 0.3) is 0 Å². The number of guanidine groups is 1. The molecule has 0 aromatic heterocycles. The molecule has 2 heterocycles. The average Bonchev–Trinajstić information content (AvgIpc) is 3.22. The lowest BCUT2D eigenvalue weighted by Gasteiger charge is -2.28. The van der Waals surface area contributed by atoms with Crippen molar-refractivity contribution < 1.29 is 9.47 Å². The maximum atomic E-state index is 5.72. The van der Waals surface area contributed by atoms with Crippen LogP contribution in [0.3, 0.4) is 0 Å². The molecule has 0 radical (unpaired) electrons. The van der Waals surface area contributed by atoms with Gasteiger partial charge in [-0.1, -0.05) is 24.3 Å². The molecule has 1 unspecified atom stereocenters. The van der Waals surface area contributed by atoms with Gasteiger partial charge in [0.25, 0.3) is 0 Å². The van der Waals surface area contributed by atoms with Crippen molar-refractivity contribution >= 4 is 29.9 Å². The number of nitrogens with one attached hydrogen (secondary N) is 1. The van der Waals surface area contributed by atoms with E-state index in [1.165, 1.54) is 24.0 Å². The molecule has 0 saturated carbocycles. The zero-order valence-corrected chi connectivity index (χ0v) is 21.0. The third-order valence-electron chi connectivity index (χ3n) is 5.81. The van der Waals surface area contributed by atoms with Crippen molar-refractivity contribution in [3.05, 3.63) is 35.4 Å². The SMILES string of the molecule is CCNC(=NCCCN1CCc2ccccc2C1)N1CCC(COCCOC)C1.I. The summed E-state index contributed by atoms with van der Waals surface area (Å²) in [6, 6.07) is 8.85.